The van der Waals surface area contributed by atoms with E-state index in [0.29, 0.717) is 17.2 Å². The topological polar surface area (TPSA) is 42.4 Å². The van der Waals surface area contributed by atoms with Gasteiger partial charge in [-0.05, 0) is 18.9 Å². The van der Waals surface area contributed by atoms with Gasteiger partial charge in [-0.1, -0.05) is 12.8 Å². The number of methoxy groups -OCH3 is 1. The number of rotatable bonds is 3. The Labute approximate surface area is 118 Å². The largest absolute Gasteiger partial charge is 0.494 e. The summed E-state index contributed by atoms with van der Waals surface area (Å²) in [6.45, 7) is 0.766. The van der Waals surface area contributed by atoms with Gasteiger partial charge in [0.1, 0.15) is 5.75 Å². The average molecular weight is 283 g/mol. The van der Waals surface area contributed by atoms with Crippen molar-refractivity contribution in [1.82, 2.24) is 9.88 Å². The van der Waals surface area contributed by atoms with Gasteiger partial charge in [0.05, 0.1) is 18.9 Å². The summed E-state index contributed by atoms with van der Waals surface area (Å²) >= 11 is 6.02. The Morgan fingerprint density at radius 1 is 1.53 bits per heavy atom. The third kappa shape index (κ3) is 3.18. The number of nitrogens with zero attached hydrogens (tertiary/aromatic N) is 2. The van der Waals surface area contributed by atoms with Crippen molar-refractivity contribution >= 4 is 17.5 Å². The minimum absolute atomic E-state index is 0.00759. The lowest BCUT2D eigenvalue weighted by Gasteiger charge is -2.29. The maximum atomic E-state index is 12.7. The van der Waals surface area contributed by atoms with Gasteiger partial charge in [0.25, 0.3) is 5.91 Å². The number of hydrogen-bond donors (Lipinski definition) is 0. The number of ether oxygens (including phenoxy) is 1. The quantitative estimate of drug-likeness (QED) is 0.801. The molecule has 2 rings (SSSR count). The van der Waals surface area contributed by atoms with E-state index in [1.165, 1.54) is 0 Å². The predicted octanol–water partition coefficient (Wildman–Crippen LogP) is 2.71. The monoisotopic (exact) mass is 282 g/mol. The molecule has 104 valence electrons. The molecule has 1 aromatic rings. The standard InChI is InChI=1S/C14H19ClN2O2/c1-19-13-10-16-7-6-12(13)14(18)17-8-4-2-3-5-11(17)9-15/h6-7,10-11H,2-5,8-9H2,1H3. The fourth-order valence-electron chi connectivity index (χ4n) is 2.48. The van der Waals surface area contributed by atoms with E-state index in [2.05, 4.69) is 4.98 Å². The first-order valence-electron chi connectivity index (χ1n) is 6.63. The molecule has 1 saturated heterocycles. The van der Waals surface area contributed by atoms with Crippen LogP contribution < -0.4 is 4.74 Å². The van der Waals surface area contributed by atoms with E-state index in [-0.39, 0.29) is 11.9 Å². The highest BCUT2D eigenvalue weighted by Gasteiger charge is 2.27. The van der Waals surface area contributed by atoms with Crippen LogP contribution in [-0.4, -0.2) is 41.4 Å². The molecule has 2 heterocycles. The van der Waals surface area contributed by atoms with Gasteiger partial charge in [0.15, 0.2) is 0 Å². The highest BCUT2D eigenvalue weighted by molar-refractivity contribution is 6.18. The van der Waals surface area contributed by atoms with Crippen LogP contribution >= 0.6 is 11.6 Å². The molecule has 19 heavy (non-hydrogen) atoms. The van der Waals surface area contributed by atoms with Crippen LogP contribution in [0.5, 0.6) is 5.75 Å². The van der Waals surface area contributed by atoms with Crippen molar-refractivity contribution in [3.8, 4) is 5.75 Å². The van der Waals surface area contributed by atoms with Crippen LogP contribution in [0, 0.1) is 0 Å². The summed E-state index contributed by atoms with van der Waals surface area (Å²) in [6.07, 6.45) is 7.48. The predicted molar refractivity (Wildman–Crippen MR) is 74.8 cm³/mol. The first-order valence-corrected chi connectivity index (χ1v) is 7.16. The Morgan fingerprint density at radius 2 is 2.37 bits per heavy atom. The van der Waals surface area contributed by atoms with E-state index in [9.17, 15) is 4.79 Å². The summed E-state index contributed by atoms with van der Waals surface area (Å²) in [5.41, 5.74) is 0.564. The number of carbonyl (C=O) groups is 1. The van der Waals surface area contributed by atoms with Crippen LogP contribution in [0.3, 0.4) is 0 Å². The molecule has 1 fully saturated rings. The van der Waals surface area contributed by atoms with Crippen LogP contribution in [0.1, 0.15) is 36.0 Å². The lowest BCUT2D eigenvalue weighted by atomic mass is 10.1. The van der Waals surface area contributed by atoms with E-state index in [1.807, 2.05) is 4.90 Å². The number of halogens is 1. The summed E-state index contributed by atoms with van der Waals surface area (Å²) < 4.78 is 5.21. The van der Waals surface area contributed by atoms with Gasteiger partial charge in [-0.15, -0.1) is 11.6 Å². The second-order valence-corrected chi connectivity index (χ2v) is 5.04. The summed E-state index contributed by atoms with van der Waals surface area (Å²) in [5.74, 6) is 0.996. The molecule has 1 atom stereocenters. The van der Waals surface area contributed by atoms with Crippen LogP contribution in [0.2, 0.25) is 0 Å². The maximum absolute atomic E-state index is 12.7. The molecule has 0 bridgehead atoms. The van der Waals surface area contributed by atoms with E-state index >= 15 is 0 Å². The molecule has 1 aromatic heterocycles. The highest BCUT2D eigenvalue weighted by atomic mass is 35.5. The molecule has 0 aliphatic carbocycles. The summed E-state index contributed by atoms with van der Waals surface area (Å²) in [7, 11) is 1.55. The molecule has 5 heteroatoms. The van der Waals surface area contributed by atoms with Crippen molar-refractivity contribution in [2.75, 3.05) is 19.5 Å². The molecule has 0 spiro atoms. The number of carbonyl (C=O) groups excluding carboxylic acids is 1. The van der Waals surface area contributed by atoms with Gasteiger partial charge >= 0.3 is 0 Å². The number of likely N-dealkylation sites (tertiary alicyclic amines) is 1. The molecular weight excluding hydrogens is 264 g/mol. The second kappa shape index (κ2) is 6.75. The third-order valence-electron chi connectivity index (χ3n) is 3.55. The lowest BCUT2D eigenvalue weighted by molar-refractivity contribution is 0.0697. The maximum Gasteiger partial charge on any atom is 0.258 e. The fraction of sp³-hybridized carbons (Fsp3) is 0.571. The Bertz CT molecular complexity index is 439. The molecule has 1 unspecified atom stereocenters. The first-order chi connectivity index (χ1) is 9.27. The van der Waals surface area contributed by atoms with E-state index < -0.39 is 0 Å². The van der Waals surface area contributed by atoms with Crippen LogP contribution in [0.25, 0.3) is 0 Å². The summed E-state index contributed by atoms with van der Waals surface area (Å²) in [6, 6.07) is 1.83. The number of hydrogen-bond acceptors (Lipinski definition) is 3. The van der Waals surface area contributed by atoms with Crippen molar-refractivity contribution in [2.45, 2.75) is 31.7 Å². The number of pyridine rings is 1. The minimum Gasteiger partial charge on any atom is -0.494 e. The second-order valence-electron chi connectivity index (χ2n) is 4.73. The van der Waals surface area contributed by atoms with Crippen molar-refractivity contribution in [1.29, 1.82) is 0 Å². The van der Waals surface area contributed by atoms with E-state index in [0.717, 1.165) is 32.2 Å². The Hall–Kier alpha value is -1.29. The van der Waals surface area contributed by atoms with Gasteiger partial charge in [0.2, 0.25) is 0 Å². The molecule has 0 aromatic carbocycles. The average Bonchev–Trinajstić information content (AvgIpc) is 2.71. The molecule has 0 N–H and O–H groups in total. The minimum atomic E-state index is -0.00759. The Balaban J connectivity index is 2.25. The molecule has 1 aliphatic rings. The van der Waals surface area contributed by atoms with E-state index in [1.54, 1.807) is 25.6 Å². The van der Waals surface area contributed by atoms with Crippen LogP contribution in [0.4, 0.5) is 0 Å². The number of alkyl halides is 1. The first kappa shape index (κ1) is 14.1. The van der Waals surface area contributed by atoms with Crippen molar-refractivity contribution in [3.63, 3.8) is 0 Å². The van der Waals surface area contributed by atoms with Gasteiger partial charge < -0.3 is 9.64 Å². The SMILES string of the molecule is COc1cnccc1C(=O)N1CCCCCC1CCl. The van der Waals surface area contributed by atoms with Crippen molar-refractivity contribution in [3.05, 3.63) is 24.0 Å². The highest BCUT2D eigenvalue weighted by Crippen LogP contribution is 2.24. The smallest absolute Gasteiger partial charge is 0.258 e. The van der Waals surface area contributed by atoms with Gasteiger partial charge in [-0.2, -0.15) is 0 Å². The zero-order chi connectivity index (χ0) is 13.7. The molecule has 4 nitrogen and oxygen atoms in total. The van der Waals surface area contributed by atoms with Gasteiger partial charge in [-0.25, -0.2) is 0 Å². The Morgan fingerprint density at radius 3 is 3.11 bits per heavy atom. The molecule has 0 radical (unpaired) electrons. The summed E-state index contributed by atoms with van der Waals surface area (Å²) in [5, 5.41) is 0. The van der Waals surface area contributed by atoms with Gasteiger partial charge in [-0.3, -0.25) is 9.78 Å². The number of amides is 1. The van der Waals surface area contributed by atoms with Crippen molar-refractivity contribution in [2.24, 2.45) is 0 Å². The fourth-order valence-corrected chi connectivity index (χ4v) is 2.80. The van der Waals surface area contributed by atoms with E-state index in [4.69, 9.17) is 16.3 Å². The zero-order valence-corrected chi connectivity index (χ0v) is 11.9. The Kier molecular flexibility index (Phi) is 5.02. The lowest BCUT2D eigenvalue weighted by Crippen LogP contribution is -2.41. The molecule has 0 saturated carbocycles. The molecule has 1 amide bonds. The third-order valence-corrected chi connectivity index (χ3v) is 3.91. The normalized spacial score (nSPS) is 19.9. The molecular formula is C14H19ClN2O2. The molecule has 1 aliphatic heterocycles. The van der Waals surface area contributed by atoms with Gasteiger partial charge in [0, 0.05) is 24.7 Å². The number of aromatic nitrogens is 1. The summed E-state index contributed by atoms with van der Waals surface area (Å²) in [4.78, 5) is 18.5. The van der Waals surface area contributed by atoms with Crippen LogP contribution in [0.15, 0.2) is 18.5 Å². The van der Waals surface area contributed by atoms with Crippen LogP contribution in [-0.2, 0) is 0 Å². The van der Waals surface area contributed by atoms with Crippen molar-refractivity contribution < 1.29 is 9.53 Å². The zero-order valence-electron chi connectivity index (χ0n) is 11.1.